The summed E-state index contributed by atoms with van der Waals surface area (Å²) in [5.74, 6) is 1.86. The number of aryl methyl sites for hydroxylation is 2. The third-order valence-electron chi connectivity index (χ3n) is 6.28. The van der Waals surface area contributed by atoms with Crippen molar-refractivity contribution in [1.82, 2.24) is 19.7 Å². The molecule has 0 saturated heterocycles. The van der Waals surface area contributed by atoms with E-state index >= 15 is 0 Å². The molecule has 0 unspecified atom stereocenters. The Kier molecular flexibility index (Phi) is 7.07. The Morgan fingerprint density at radius 2 is 1.69 bits per heavy atom. The normalized spacial score (nSPS) is 11.4. The summed E-state index contributed by atoms with van der Waals surface area (Å²) in [4.78, 5) is 9.09. The number of methoxy groups -OCH3 is 2. The van der Waals surface area contributed by atoms with Crippen molar-refractivity contribution in [2.24, 2.45) is 0 Å². The Labute approximate surface area is 226 Å². The van der Waals surface area contributed by atoms with Crippen LogP contribution in [-0.2, 0) is 16.6 Å². The molecular formula is C28H27N5O5S. The van der Waals surface area contributed by atoms with E-state index in [9.17, 15) is 8.42 Å². The van der Waals surface area contributed by atoms with Gasteiger partial charge in [-0.15, -0.1) is 0 Å². The van der Waals surface area contributed by atoms with Gasteiger partial charge in [-0.1, -0.05) is 23.4 Å². The largest absolute Gasteiger partial charge is 0.493 e. The number of sulfonamides is 1. The smallest absolute Gasteiger partial charge is 0.278 e. The summed E-state index contributed by atoms with van der Waals surface area (Å²) in [6.07, 6.45) is 3.48. The first-order valence-electron chi connectivity index (χ1n) is 12.0. The first-order valence-corrected chi connectivity index (χ1v) is 13.5. The zero-order valence-corrected chi connectivity index (χ0v) is 22.7. The van der Waals surface area contributed by atoms with Crippen LogP contribution in [0.2, 0.25) is 0 Å². The summed E-state index contributed by atoms with van der Waals surface area (Å²) >= 11 is 0. The van der Waals surface area contributed by atoms with Gasteiger partial charge in [0.05, 0.1) is 25.4 Å². The van der Waals surface area contributed by atoms with Crippen LogP contribution in [0.15, 0.2) is 82.6 Å². The number of nitrogens with one attached hydrogen (secondary N) is 1. The summed E-state index contributed by atoms with van der Waals surface area (Å²) in [5, 5.41) is 4.07. The lowest BCUT2D eigenvalue weighted by Crippen LogP contribution is -2.13. The minimum atomic E-state index is -3.68. The lowest BCUT2D eigenvalue weighted by molar-refractivity contribution is 0.355. The third kappa shape index (κ3) is 5.63. The van der Waals surface area contributed by atoms with Crippen molar-refractivity contribution in [2.45, 2.75) is 25.3 Å². The molecule has 1 N–H and O–H groups in total. The lowest BCUT2D eigenvalue weighted by atomic mass is 10.1. The number of rotatable bonds is 9. The summed E-state index contributed by atoms with van der Waals surface area (Å²) in [6.45, 7) is 4.36. The molecule has 0 spiro atoms. The van der Waals surface area contributed by atoms with Gasteiger partial charge in [0.1, 0.15) is 5.69 Å². The van der Waals surface area contributed by atoms with E-state index in [0.717, 1.165) is 22.3 Å². The van der Waals surface area contributed by atoms with Crippen molar-refractivity contribution >= 4 is 15.7 Å². The Morgan fingerprint density at radius 3 is 2.41 bits per heavy atom. The van der Waals surface area contributed by atoms with Crippen LogP contribution in [0.5, 0.6) is 11.5 Å². The molecule has 5 rings (SSSR count). The fourth-order valence-electron chi connectivity index (χ4n) is 3.96. The molecule has 0 atom stereocenters. The number of imidazole rings is 1. The van der Waals surface area contributed by atoms with E-state index in [4.69, 9.17) is 14.0 Å². The molecule has 0 aliphatic rings. The third-order valence-corrected chi connectivity index (χ3v) is 7.66. The van der Waals surface area contributed by atoms with E-state index in [1.807, 2.05) is 42.8 Å². The van der Waals surface area contributed by atoms with E-state index in [-0.39, 0.29) is 10.8 Å². The molecule has 2 aromatic heterocycles. The SMILES string of the molecule is COc1ccc(-c2noc(-c3cn(Cc4ccc(NS(=O)(=O)c5ccc(C)c(C)c5)cc4)cn3)n2)cc1OC. The molecule has 0 aliphatic carbocycles. The van der Waals surface area contributed by atoms with Gasteiger partial charge in [0.2, 0.25) is 5.82 Å². The van der Waals surface area contributed by atoms with Gasteiger partial charge in [0.15, 0.2) is 11.5 Å². The van der Waals surface area contributed by atoms with Gasteiger partial charge in [-0.25, -0.2) is 13.4 Å². The lowest BCUT2D eigenvalue weighted by Gasteiger charge is -2.10. The summed E-state index contributed by atoms with van der Waals surface area (Å²) in [6, 6.07) is 17.6. The molecule has 2 heterocycles. The predicted molar refractivity (Wildman–Crippen MR) is 146 cm³/mol. The van der Waals surface area contributed by atoms with Crippen molar-refractivity contribution in [3.63, 3.8) is 0 Å². The number of aromatic nitrogens is 4. The van der Waals surface area contributed by atoms with Gasteiger partial charge >= 0.3 is 0 Å². The first-order chi connectivity index (χ1) is 18.8. The van der Waals surface area contributed by atoms with Crippen LogP contribution in [0.1, 0.15) is 16.7 Å². The molecule has 39 heavy (non-hydrogen) atoms. The molecule has 0 amide bonds. The number of nitrogens with zero attached hydrogens (tertiary/aromatic N) is 4. The van der Waals surface area contributed by atoms with E-state index < -0.39 is 10.0 Å². The molecular weight excluding hydrogens is 518 g/mol. The van der Waals surface area contributed by atoms with Gasteiger partial charge in [-0.05, 0) is 73.0 Å². The van der Waals surface area contributed by atoms with Crippen LogP contribution in [0.3, 0.4) is 0 Å². The number of benzene rings is 3. The zero-order chi connectivity index (χ0) is 27.6. The van der Waals surface area contributed by atoms with E-state index in [1.165, 1.54) is 0 Å². The van der Waals surface area contributed by atoms with Gasteiger partial charge in [0.25, 0.3) is 15.9 Å². The van der Waals surface area contributed by atoms with Crippen LogP contribution >= 0.6 is 0 Å². The Bertz CT molecular complexity index is 1730. The maximum absolute atomic E-state index is 12.8. The number of hydrogen-bond acceptors (Lipinski definition) is 8. The van der Waals surface area contributed by atoms with Gasteiger partial charge in [0, 0.05) is 24.0 Å². The van der Waals surface area contributed by atoms with Crippen molar-refractivity contribution in [3.05, 3.63) is 89.9 Å². The molecule has 0 aliphatic heterocycles. The fourth-order valence-corrected chi connectivity index (χ4v) is 5.10. The fraction of sp³-hybridized carbons (Fsp3) is 0.179. The minimum Gasteiger partial charge on any atom is -0.493 e. The minimum absolute atomic E-state index is 0.232. The van der Waals surface area contributed by atoms with E-state index in [0.29, 0.717) is 35.2 Å². The Balaban J connectivity index is 1.26. The molecule has 0 fully saturated rings. The highest BCUT2D eigenvalue weighted by Crippen LogP contribution is 2.32. The van der Waals surface area contributed by atoms with Crippen molar-refractivity contribution in [1.29, 1.82) is 0 Å². The van der Waals surface area contributed by atoms with E-state index in [2.05, 4.69) is 19.8 Å². The number of hydrogen-bond donors (Lipinski definition) is 1. The second-order valence-electron chi connectivity index (χ2n) is 8.97. The molecule has 3 aromatic carbocycles. The molecule has 11 heteroatoms. The summed E-state index contributed by atoms with van der Waals surface area (Å²) in [7, 11) is -0.543. The number of anilines is 1. The molecule has 0 radical (unpaired) electrons. The van der Waals surface area contributed by atoms with Crippen LogP contribution in [0.4, 0.5) is 5.69 Å². The van der Waals surface area contributed by atoms with Crippen LogP contribution in [-0.4, -0.2) is 42.3 Å². The highest BCUT2D eigenvalue weighted by atomic mass is 32.2. The highest BCUT2D eigenvalue weighted by Gasteiger charge is 2.16. The average Bonchev–Trinajstić information content (AvgIpc) is 3.61. The quantitative estimate of drug-likeness (QED) is 0.272. The van der Waals surface area contributed by atoms with Crippen LogP contribution in [0, 0.1) is 13.8 Å². The highest BCUT2D eigenvalue weighted by molar-refractivity contribution is 7.92. The summed E-state index contributed by atoms with van der Waals surface area (Å²) in [5.41, 5.74) is 4.66. The molecule has 200 valence electrons. The Morgan fingerprint density at radius 1 is 0.923 bits per heavy atom. The number of ether oxygens (including phenoxy) is 2. The monoisotopic (exact) mass is 545 g/mol. The molecule has 0 saturated carbocycles. The second kappa shape index (κ2) is 10.6. The molecule has 10 nitrogen and oxygen atoms in total. The maximum atomic E-state index is 12.8. The molecule has 0 bridgehead atoms. The Hall–Kier alpha value is -4.64. The van der Waals surface area contributed by atoms with Crippen molar-refractivity contribution < 1.29 is 22.4 Å². The topological polar surface area (TPSA) is 121 Å². The van der Waals surface area contributed by atoms with E-state index in [1.54, 1.807) is 63.0 Å². The van der Waals surface area contributed by atoms with Gasteiger partial charge < -0.3 is 18.6 Å². The van der Waals surface area contributed by atoms with Gasteiger partial charge in [-0.2, -0.15) is 4.98 Å². The molecule has 5 aromatic rings. The van der Waals surface area contributed by atoms with Gasteiger partial charge in [-0.3, -0.25) is 4.72 Å². The van der Waals surface area contributed by atoms with Crippen molar-refractivity contribution in [3.8, 4) is 34.5 Å². The maximum Gasteiger partial charge on any atom is 0.278 e. The summed E-state index contributed by atoms with van der Waals surface area (Å²) < 4.78 is 46.1. The van der Waals surface area contributed by atoms with Crippen molar-refractivity contribution in [2.75, 3.05) is 18.9 Å². The van der Waals surface area contributed by atoms with Crippen LogP contribution < -0.4 is 14.2 Å². The first kappa shape index (κ1) is 26.0. The van der Waals surface area contributed by atoms with Crippen LogP contribution in [0.25, 0.3) is 23.0 Å². The standard InChI is InChI=1S/C28H27N5O5S/c1-18-5-11-23(13-19(18)2)39(34,35)32-22-9-6-20(7-10-22)15-33-16-24(29-17-33)28-30-27(31-38-28)21-8-12-25(36-3)26(14-21)37-4/h5-14,16-17,32H,15H2,1-4H3. The zero-order valence-electron chi connectivity index (χ0n) is 21.9. The average molecular weight is 546 g/mol. The second-order valence-corrected chi connectivity index (χ2v) is 10.7. The predicted octanol–water partition coefficient (Wildman–Crippen LogP) is 5.08.